The quantitative estimate of drug-likeness (QED) is 0.0222. The lowest BCUT2D eigenvalue weighted by molar-refractivity contribution is -0.161. The Bertz CT molecular complexity index is 1860. The predicted octanol–water partition coefficient (Wildman–Crippen LogP) is 22.7. The molecule has 3 unspecified atom stereocenters. The van der Waals surface area contributed by atoms with Crippen LogP contribution in [0.3, 0.4) is 0 Å². The second-order valence-electron chi connectivity index (χ2n) is 28.5. The summed E-state index contributed by atoms with van der Waals surface area (Å²) in [6.45, 7) is 9.58. The Balaban J connectivity index is 5.23. The fraction of sp³-hybridized carbons (Fsp3) is 0.948. The number of unbranched alkanes of at least 4 members (excludes halogenated alkanes) is 45. The Kier molecular flexibility index (Phi) is 67.4. The minimum Gasteiger partial charge on any atom is -0.462 e. The molecular formula is C77H150O17P2. The van der Waals surface area contributed by atoms with Crippen molar-refractivity contribution in [2.24, 2.45) is 11.8 Å². The molecule has 3 N–H and O–H groups in total. The van der Waals surface area contributed by atoms with E-state index in [1.807, 2.05) is 0 Å². The van der Waals surface area contributed by atoms with Gasteiger partial charge in [-0.15, -0.1) is 0 Å². The number of phosphoric ester groups is 2. The molecular weight excluding hydrogens is 1260 g/mol. The lowest BCUT2D eigenvalue weighted by atomic mass is 9.99. The van der Waals surface area contributed by atoms with E-state index in [1.54, 1.807) is 0 Å². The highest BCUT2D eigenvalue weighted by Crippen LogP contribution is 2.45. The Morgan fingerprint density at radius 3 is 0.792 bits per heavy atom. The van der Waals surface area contributed by atoms with Crippen LogP contribution in [-0.2, 0) is 65.4 Å². The molecule has 0 spiro atoms. The highest BCUT2D eigenvalue weighted by molar-refractivity contribution is 7.47. The van der Waals surface area contributed by atoms with Crippen LogP contribution in [0, 0.1) is 11.8 Å². The lowest BCUT2D eigenvalue weighted by Crippen LogP contribution is -2.30. The maximum atomic E-state index is 13.1. The summed E-state index contributed by atoms with van der Waals surface area (Å²) in [6, 6.07) is 0. The van der Waals surface area contributed by atoms with Crippen LogP contribution in [0.1, 0.15) is 401 Å². The molecule has 0 rings (SSSR count). The summed E-state index contributed by atoms with van der Waals surface area (Å²) in [5, 5.41) is 10.6. The van der Waals surface area contributed by atoms with Gasteiger partial charge in [-0.25, -0.2) is 9.13 Å². The topological polar surface area (TPSA) is 237 Å². The summed E-state index contributed by atoms with van der Waals surface area (Å²) in [7, 11) is -9.91. The zero-order valence-electron chi connectivity index (χ0n) is 62.7. The summed E-state index contributed by atoms with van der Waals surface area (Å²) < 4.78 is 68.5. The monoisotopic (exact) mass is 1410 g/mol. The number of aliphatic hydroxyl groups excluding tert-OH is 1. The van der Waals surface area contributed by atoms with Crippen LogP contribution in [-0.4, -0.2) is 96.7 Å². The third kappa shape index (κ3) is 69.2. The molecule has 0 aromatic carbocycles. The number of hydrogen-bond donors (Lipinski definition) is 3. The number of carbonyl (C=O) groups excluding carboxylic acids is 4. The summed E-state index contributed by atoms with van der Waals surface area (Å²) >= 11 is 0. The largest absolute Gasteiger partial charge is 0.472 e. The fourth-order valence-corrected chi connectivity index (χ4v) is 13.4. The van der Waals surface area contributed by atoms with Crippen molar-refractivity contribution in [2.45, 2.75) is 419 Å². The third-order valence-electron chi connectivity index (χ3n) is 18.3. The second-order valence-corrected chi connectivity index (χ2v) is 31.4. The third-order valence-corrected chi connectivity index (χ3v) is 20.2. The van der Waals surface area contributed by atoms with E-state index in [0.29, 0.717) is 31.6 Å². The van der Waals surface area contributed by atoms with Gasteiger partial charge in [-0.2, -0.15) is 0 Å². The number of esters is 4. The van der Waals surface area contributed by atoms with Gasteiger partial charge in [0.25, 0.3) is 0 Å². The van der Waals surface area contributed by atoms with E-state index in [1.165, 1.54) is 212 Å². The van der Waals surface area contributed by atoms with Crippen LogP contribution in [0.15, 0.2) is 0 Å². The van der Waals surface area contributed by atoms with Gasteiger partial charge in [0.2, 0.25) is 0 Å². The lowest BCUT2D eigenvalue weighted by Gasteiger charge is -2.21. The molecule has 0 aromatic rings. The first kappa shape index (κ1) is 94.1. The van der Waals surface area contributed by atoms with E-state index in [4.69, 9.17) is 37.0 Å². The van der Waals surface area contributed by atoms with Gasteiger partial charge in [0.1, 0.15) is 19.3 Å². The summed E-state index contributed by atoms with van der Waals surface area (Å²) in [6.07, 6.45) is 56.9. The number of ether oxygens (including phenoxy) is 4. The van der Waals surface area contributed by atoms with Crippen molar-refractivity contribution < 1.29 is 80.2 Å². The van der Waals surface area contributed by atoms with Gasteiger partial charge in [0.05, 0.1) is 26.4 Å². The smallest absolute Gasteiger partial charge is 0.462 e. The van der Waals surface area contributed by atoms with Crippen LogP contribution in [0.25, 0.3) is 0 Å². The fourth-order valence-electron chi connectivity index (χ4n) is 11.8. The van der Waals surface area contributed by atoms with Crippen LogP contribution in [0.5, 0.6) is 0 Å². The van der Waals surface area contributed by atoms with Crippen LogP contribution >= 0.6 is 15.6 Å². The molecule has 0 aromatic heterocycles. The summed E-state index contributed by atoms with van der Waals surface area (Å²) in [4.78, 5) is 72.8. The van der Waals surface area contributed by atoms with E-state index in [-0.39, 0.29) is 25.7 Å². The second kappa shape index (κ2) is 68.8. The van der Waals surface area contributed by atoms with E-state index >= 15 is 0 Å². The first-order valence-electron chi connectivity index (χ1n) is 40.0. The zero-order valence-corrected chi connectivity index (χ0v) is 64.5. The van der Waals surface area contributed by atoms with Gasteiger partial charge in [0, 0.05) is 25.7 Å². The molecule has 0 aliphatic carbocycles. The molecule has 96 heavy (non-hydrogen) atoms. The van der Waals surface area contributed by atoms with Crippen molar-refractivity contribution >= 4 is 39.5 Å². The number of phosphoric acid groups is 2. The molecule has 0 radical (unpaired) electrons. The molecule has 0 heterocycles. The average molecular weight is 1410 g/mol. The first-order valence-corrected chi connectivity index (χ1v) is 43.0. The van der Waals surface area contributed by atoms with Crippen molar-refractivity contribution in [3.05, 3.63) is 0 Å². The summed E-state index contributed by atoms with van der Waals surface area (Å²) in [5.41, 5.74) is 0. The molecule has 0 aliphatic rings. The van der Waals surface area contributed by atoms with E-state index in [9.17, 15) is 43.2 Å². The molecule has 0 aliphatic heterocycles. The number of aliphatic hydroxyl groups is 1. The Labute approximate surface area is 588 Å². The molecule has 0 bridgehead atoms. The highest BCUT2D eigenvalue weighted by Gasteiger charge is 2.30. The highest BCUT2D eigenvalue weighted by atomic mass is 31.2. The van der Waals surface area contributed by atoms with Crippen molar-refractivity contribution in [1.29, 1.82) is 0 Å². The van der Waals surface area contributed by atoms with Gasteiger partial charge >= 0.3 is 39.5 Å². The molecule has 6 atom stereocenters. The molecule has 0 fully saturated rings. The van der Waals surface area contributed by atoms with E-state index in [2.05, 4.69) is 41.5 Å². The number of rotatable bonds is 76. The minimum absolute atomic E-state index is 0.106. The number of carbonyl (C=O) groups is 4. The minimum atomic E-state index is -4.96. The SMILES string of the molecule is CCCCCCCCCCCCCCCCCCCC(=O)OC[C@H](COP(=O)(O)OC[C@@H](O)COP(=O)(O)OC[C@@H](COC(=O)CCCCCCCCC(C)C)OC(=O)CCCCCCCCCCCCCC)OC(=O)CCCCCCCCCCCCCCCCC(C)CC. The van der Waals surface area contributed by atoms with Crippen molar-refractivity contribution in [3.8, 4) is 0 Å². The standard InChI is InChI=1S/C77H150O17P2/c1-7-10-12-14-16-18-20-22-23-24-25-29-33-36-40-47-53-59-74(79)87-65-72(93-77(82)62-56-50-42-38-34-30-27-26-28-31-35-39-46-52-58-70(6)9-3)67-91-95(83,84)89-63-71(78)64-90-96(85,86)92-68-73(66-88-75(80)60-54-48-44-43-45-51-57-69(4)5)94-76(81)61-55-49-41-37-32-21-19-17-15-13-11-8-2/h69-73,78H,7-68H2,1-6H3,(H,83,84)(H,85,86)/t70?,71-,72-,73-/m1/s1. The first-order chi connectivity index (χ1) is 46.4. The van der Waals surface area contributed by atoms with E-state index in [0.717, 1.165) is 102 Å². The molecule has 19 heteroatoms. The van der Waals surface area contributed by atoms with E-state index < -0.39 is 97.5 Å². The average Bonchev–Trinajstić information content (AvgIpc) is 1.17. The Morgan fingerprint density at radius 2 is 0.531 bits per heavy atom. The Morgan fingerprint density at radius 1 is 0.302 bits per heavy atom. The predicted molar refractivity (Wildman–Crippen MR) is 391 cm³/mol. The molecule has 17 nitrogen and oxygen atoms in total. The van der Waals surface area contributed by atoms with Crippen LogP contribution < -0.4 is 0 Å². The van der Waals surface area contributed by atoms with Crippen LogP contribution in [0.4, 0.5) is 0 Å². The van der Waals surface area contributed by atoms with Gasteiger partial charge < -0.3 is 33.8 Å². The maximum Gasteiger partial charge on any atom is 0.472 e. The van der Waals surface area contributed by atoms with Crippen molar-refractivity contribution in [1.82, 2.24) is 0 Å². The molecule has 0 saturated heterocycles. The molecule has 0 saturated carbocycles. The normalized spacial score (nSPS) is 14.3. The number of hydrogen-bond acceptors (Lipinski definition) is 15. The zero-order chi connectivity index (χ0) is 70.7. The Hall–Kier alpha value is -1.94. The van der Waals surface area contributed by atoms with Crippen molar-refractivity contribution in [2.75, 3.05) is 39.6 Å². The van der Waals surface area contributed by atoms with Gasteiger partial charge in [0.15, 0.2) is 12.2 Å². The van der Waals surface area contributed by atoms with Gasteiger partial charge in [-0.1, -0.05) is 350 Å². The van der Waals surface area contributed by atoms with Gasteiger partial charge in [-0.3, -0.25) is 37.3 Å². The van der Waals surface area contributed by atoms with Gasteiger partial charge in [-0.05, 0) is 37.5 Å². The molecule has 0 amide bonds. The molecule has 570 valence electrons. The maximum absolute atomic E-state index is 13.1. The van der Waals surface area contributed by atoms with Crippen molar-refractivity contribution in [3.63, 3.8) is 0 Å². The summed E-state index contributed by atoms with van der Waals surface area (Å²) in [5.74, 6) is -0.589. The van der Waals surface area contributed by atoms with Crippen LogP contribution in [0.2, 0.25) is 0 Å².